The number of rotatable bonds is 5. The van der Waals surface area contributed by atoms with Crippen LogP contribution in [0.1, 0.15) is 25.0 Å². The van der Waals surface area contributed by atoms with Crippen molar-refractivity contribution in [3.05, 3.63) is 181 Å². The van der Waals surface area contributed by atoms with Gasteiger partial charge in [-0.15, -0.1) is 0 Å². The molecule has 8 aromatic rings. The van der Waals surface area contributed by atoms with E-state index < -0.39 is 0 Å². The monoisotopic (exact) mass is 626 g/mol. The van der Waals surface area contributed by atoms with Gasteiger partial charge in [0, 0.05) is 22.1 Å². The number of hydrogen-bond acceptors (Lipinski definition) is 2. The summed E-state index contributed by atoms with van der Waals surface area (Å²) in [5.41, 5.74) is 15.2. The van der Waals surface area contributed by atoms with E-state index in [1.807, 2.05) is 18.2 Å². The minimum atomic E-state index is -0.0549. The summed E-state index contributed by atoms with van der Waals surface area (Å²) >= 11 is 0. The highest BCUT2D eigenvalue weighted by molar-refractivity contribution is 6.08. The molecule has 0 saturated carbocycles. The molecule has 232 valence electrons. The van der Waals surface area contributed by atoms with E-state index in [-0.39, 0.29) is 5.41 Å². The van der Waals surface area contributed by atoms with Gasteiger partial charge in [-0.25, -0.2) is 9.97 Å². The second kappa shape index (κ2) is 11.5. The van der Waals surface area contributed by atoms with Gasteiger partial charge in [0.05, 0.1) is 11.4 Å². The van der Waals surface area contributed by atoms with Gasteiger partial charge in [0.25, 0.3) is 0 Å². The Hall–Kier alpha value is -6.12. The zero-order valence-corrected chi connectivity index (χ0v) is 27.6. The van der Waals surface area contributed by atoms with Crippen LogP contribution >= 0.6 is 0 Å². The molecule has 0 atom stereocenters. The molecule has 0 spiro atoms. The molecule has 0 saturated heterocycles. The highest BCUT2D eigenvalue weighted by Gasteiger charge is 2.36. The average Bonchev–Trinajstić information content (AvgIpc) is 3.41. The molecule has 7 aromatic carbocycles. The Morgan fingerprint density at radius 2 is 0.918 bits per heavy atom. The number of hydrogen-bond donors (Lipinski definition) is 0. The van der Waals surface area contributed by atoms with Crippen molar-refractivity contribution in [2.45, 2.75) is 19.3 Å². The summed E-state index contributed by atoms with van der Waals surface area (Å²) in [6, 6.07) is 60.6. The van der Waals surface area contributed by atoms with E-state index in [9.17, 15) is 0 Å². The molecule has 49 heavy (non-hydrogen) atoms. The SMILES string of the molecule is CC1(C)c2ccccc2-c2c(-c3ccc(-c4cc(-c5cccc(-c6ccccc6)c5)nc(-c5ccccc5)n4)c4ccccc34)cccc21. The molecule has 1 aliphatic rings. The van der Waals surface area contributed by atoms with Gasteiger partial charge in [-0.05, 0) is 67.4 Å². The maximum Gasteiger partial charge on any atom is 0.160 e. The Bertz CT molecular complexity index is 2510. The largest absolute Gasteiger partial charge is 0.228 e. The first-order chi connectivity index (χ1) is 24.1. The normalized spacial score (nSPS) is 12.9. The van der Waals surface area contributed by atoms with Crippen molar-refractivity contribution in [1.82, 2.24) is 9.97 Å². The minimum Gasteiger partial charge on any atom is -0.228 e. The zero-order chi connectivity index (χ0) is 33.0. The maximum atomic E-state index is 5.23. The van der Waals surface area contributed by atoms with Crippen LogP contribution in [0.15, 0.2) is 170 Å². The van der Waals surface area contributed by atoms with E-state index in [1.165, 1.54) is 49.7 Å². The summed E-state index contributed by atoms with van der Waals surface area (Å²) in [7, 11) is 0. The van der Waals surface area contributed by atoms with Crippen LogP contribution < -0.4 is 0 Å². The molecule has 0 fully saturated rings. The predicted molar refractivity (Wildman–Crippen MR) is 204 cm³/mol. The quantitative estimate of drug-likeness (QED) is 0.190. The highest BCUT2D eigenvalue weighted by atomic mass is 14.9. The molecule has 2 heteroatoms. The second-order valence-corrected chi connectivity index (χ2v) is 13.4. The topological polar surface area (TPSA) is 25.8 Å². The Morgan fingerprint density at radius 1 is 0.367 bits per heavy atom. The van der Waals surface area contributed by atoms with Crippen LogP contribution in [-0.4, -0.2) is 9.97 Å². The second-order valence-electron chi connectivity index (χ2n) is 13.4. The number of fused-ring (bicyclic) bond motifs is 4. The molecule has 0 unspecified atom stereocenters. The highest BCUT2D eigenvalue weighted by Crippen LogP contribution is 2.52. The lowest BCUT2D eigenvalue weighted by Gasteiger charge is -2.22. The molecular formula is C47H34N2. The third kappa shape index (κ3) is 4.88. The molecule has 0 radical (unpaired) electrons. The maximum absolute atomic E-state index is 5.23. The Morgan fingerprint density at radius 3 is 1.71 bits per heavy atom. The van der Waals surface area contributed by atoms with Crippen molar-refractivity contribution in [2.75, 3.05) is 0 Å². The summed E-state index contributed by atoms with van der Waals surface area (Å²) in [5.74, 6) is 0.714. The van der Waals surface area contributed by atoms with Gasteiger partial charge in [-0.2, -0.15) is 0 Å². The van der Waals surface area contributed by atoms with Crippen LogP contribution in [0.25, 0.3) is 78.1 Å². The number of nitrogens with zero attached hydrogens (tertiary/aromatic N) is 2. The molecule has 2 nitrogen and oxygen atoms in total. The van der Waals surface area contributed by atoms with E-state index in [2.05, 4.69) is 166 Å². The molecule has 1 aliphatic carbocycles. The van der Waals surface area contributed by atoms with E-state index in [0.717, 1.165) is 33.6 Å². The zero-order valence-electron chi connectivity index (χ0n) is 27.6. The summed E-state index contributed by atoms with van der Waals surface area (Å²) in [6.45, 7) is 4.68. The van der Waals surface area contributed by atoms with Crippen molar-refractivity contribution in [3.63, 3.8) is 0 Å². The van der Waals surface area contributed by atoms with E-state index in [0.29, 0.717) is 5.82 Å². The fourth-order valence-corrected chi connectivity index (χ4v) is 7.67. The van der Waals surface area contributed by atoms with Gasteiger partial charge in [0.1, 0.15) is 0 Å². The van der Waals surface area contributed by atoms with Crippen molar-refractivity contribution < 1.29 is 0 Å². The number of aromatic nitrogens is 2. The van der Waals surface area contributed by atoms with Crippen LogP contribution in [-0.2, 0) is 5.41 Å². The van der Waals surface area contributed by atoms with Crippen LogP contribution in [0.2, 0.25) is 0 Å². The number of benzene rings is 7. The van der Waals surface area contributed by atoms with E-state index in [1.54, 1.807) is 0 Å². The lowest BCUT2D eigenvalue weighted by atomic mass is 9.81. The van der Waals surface area contributed by atoms with Crippen LogP contribution in [0.4, 0.5) is 0 Å². The predicted octanol–water partition coefficient (Wildman–Crippen LogP) is 12.3. The average molecular weight is 627 g/mol. The fraction of sp³-hybridized carbons (Fsp3) is 0.0638. The third-order valence-electron chi connectivity index (χ3n) is 10.1. The molecule has 1 aromatic heterocycles. The summed E-state index contributed by atoms with van der Waals surface area (Å²) in [4.78, 5) is 10.4. The molecule has 9 rings (SSSR count). The molecule has 0 N–H and O–H groups in total. The van der Waals surface area contributed by atoms with Gasteiger partial charge in [0.15, 0.2) is 5.82 Å². The fourth-order valence-electron chi connectivity index (χ4n) is 7.67. The van der Waals surface area contributed by atoms with Crippen molar-refractivity contribution in [3.8, 4) is 67.3 Å². The Balaban J connectivity index is 1.24. The van der Waals surface area contributed by atoms with Crippen LogP contribution in [0.3, 0.4) is 0 Å². The van der Waals surface area contributed by atoms with E-state index >= 15 is 0 Å². The first kappa shape index (κ1) is 29.1. The summed E-state index contributed by atoms with van der Waals surface area (Å²) in [5, 5.41) is 2.38. The lowest BCUT2D eigenvalue weighted by Crippen LogP contribution is -2.14. The van der Waals surface area contributed by atoms with Crippen molar-refractivity contribution in [1.29, 1.82) is 0 Å². The summed E-state index contributed by atoms with van der Waals surface area (Å²) in [6.07, 6.45) is 0. The van der Waals surface area contributed by atoms with Crippen LogP contribution in [0.5, 0.6) is 0 Å². The van der Waals surface area contributed by atoms with Gasteiger partial charge >= 0.3 is 0 Å². The molecule has 0 bridgehead atoms. The van der Waals surface area contributed by atoms with Gasteiger partial charge in [-0.3, -0.25) is 0 Å². The molecular weight excluding hydrogens is 593 g/mol. The van der Waals surface area contributed by atoms with E-state index in [4.69, 9.17) is 9.97 Å². The van der Waals surface area contributed by atoms with Crippen molar-refractivity contribution >= 4 is 10.8 Å². The molecule has 0 aliphatic heterocycles. The smallest absolute Gasteiger partial charge is 0.160 e. The lowest BCUT2D eigenvalue weighted by molar-refractivity contribution is 0.660. The standard InChI is InChI=1S/C47H34N2/c1-47(2)41-25-12-11-23-40(41)45-39(24-14-26-42(45)47)37-27-28-38(36-22-10-9-21-35(36)37)44-30-43(48-46(49-44)32-17-7-4-8-18-32)34-20-13-19-33(29-34)31-15-5-3-6-16-31/h3-30H,1-2H3. The van der Waals surface area contributed by atoms with Gasteiger partial charge in [-0.1, -0.05) is 172 Å². The Kier molecular flexibility index (Phi) is 6.84. The molecule has 1 heterocycles. The van der Waals surface area contributed by atoms with Gasteiger partial charge in [0.2, 0.25) is 0 Å². The third-order valence-corrected chi connectivity index (χ3v) is 10.1. The van der Waals surface area contributed by atoms with Crippen LogP contribution in [0, 0.1) is 0 Å². The van der Waals surface area contributed by atoms with Crippen molar-refractivity contribution in [2.24, 2.45) is 0 Å². The molecule has 0 amide bonds. The Labute approximate surface area is 287 Å². The first-order valence-electron chi connectivity index (χ1n) is 16.9. The van der Waals surface area contributed by atoms with Gasteiger partial charge < -0.3 is 0 Å². The first-order valence-corrected chi connectivity index (χ1v) is 16.9. The summed E-state index contributed by atoms with van der Waals surface area (Å²) < 4.78 is 0. The minimum absolute atomic E-state index is 0.0549.